The third-order valence-electron chi connectivity index (χ3n) is 5.78. The molecular weight excluding hydrogens is 440 g/mol. The van der Waals surface area contributed by atoms with Crippen molar-refractivity contribution in [2.75, 3.05) is 19.1 Å². The molecule has 0 fully saturated rings. The molecular formula is C27H26N6O2. The molecule has 176 valence electrons. The van der Waals surface area contributed by atoms with E-state index in [1.807, 2.05) is 68.8 Å². The van der Waals surface area contributed by atoms with Crippen molar-refractivity contribution in [2.45, 2.75) is 13.5 Å². The van der Waals surface area contributed by atoms with Gasteiger partial charge in [-0.1, -0.05) is 6.07 Å². The quantitative estimate of drug-likeness (QED) is 0.331. The summed E-state index contributed by atoms with van der Waals surface area (Å²) in [6.07, 6.45) is 7.38. The van der Waals surface area contributed by atoms with E-state index in [0.29, 0.717) is 18.0 Å². The number of fused-ring (bicyclic) bond motifs is 1. The van der Waals surface area contributed by atoms with Gasteiger partial charge in [0.1, 0.15) is 11.5 Å². The molecule has 2 aromatic carbocycles. The van der Waals surface area contributed by atoms with Crippen molar-refractivity contribution in [1.82, 2.24) is 24.7 Å². The Balaban J connectivity index is 1.62. The summed E-state index contributed by atoms with van der Waals surface area (Å²) in [6.45, 7) is 2.58. The number of aromatic nitrogens is 5. The Morgan fingerprint density at radius 3 is 2.29 bits per heavy atom. The molecule has 35 heavy (non-hydrogen) atoms. The standard InChI is InChI=1S/C27H26N6O2/c1-18-5-6-20(28-13-18)17-33(22-9-23(34-3)12-24(10-22)35-4)21-7-8-25-26(11-21)31-27(15-29-25)19-14-30-32(2)16-19/h5-16H,17H2,1-4H3. The number of nitrogens with zero attached hydrogens (tertiary/aromatic N) is 6. The molecule has 0 aliphatic rings. The summed E-state index contributed by atoms with van der Waals surface area (Å²) < 4.78 is 12.8. The van der Waals surface area contributed by atoms with Crippen LogP contribution in [0.3, 0.4) is 0 Å². The molecule has 0 radical (unpaired) electrons. The molecule has 0 aliphatic heterocycles. The van der Waals surface area contributed by atoms with Gasteiger partial charge >= 0.3 is 0 Å². The number of hydrogen-bond acceptors (Lipinski definition) is 7. The number of methoxy groups -OCH3 is 2. The fourth-order valence-electron chi connectivity index (χ4n) is 3.89. The largest absolute Gasteiger partial charge is 0.497 e. The molecule has 0 unspecified atom stereocenters. The second-order valence-corrected chi connectivity index (χ2v) is 8.31. The highest BCUT2D eigenvalue weighted by Gasteiger charge is 2.16. The highest BCUT2D eigenvalue weighted by atomic mass is 16.5. The first-order chi connectivity index (χ1) is 17.0. The van der Waals surface area contributed by atoms with E-state index in [9.17, 15) is 0 Å². The van der Waals surface area contributed by atoms with E-state index >= 15 is 0 Å². The summed E-state index contributed by atoms with van der Waals surface area (Å²) >= 11 is 0. The Bertz CT molecular complexity index is 1460. The smallest absolute Gasteiger partial charge is 0.124 e. The van der Waals surface area contributed by atoms with Gasteiger partial charge in [0.15, 0.2) is 0 Å². The monoisotopic (exact) mass is 466 g/mol. The minimum atomic E-state index is 0.553. The zero-order chi connectivity index (χ0) is 24.4. The van der Waals surface area contributed by atoms with Crippen LogP contribution < -0.4 is 14.4 Å². The van der Waals surface area contributed by atoms with Crippen LogP contribution in [0.2, 0.25) is 0 Å². The molecule has 0 saturated heterocycles. The van der Waals surface area contributed by atoms with Crippen LogP contribution in [0.4, 0.5) is 11.4 Å². The van der Waals surface area contributed by atoms with Crippen molar-refractivity contribution in [3.8, 4) is 22.8 Å². The summed E-state index contributed by atoms with van der Waals surface area (Å²) in [4.78, 5) is 16.3. The molecule has 0 atom stereocenters. The zero-order valence-corrected chi connectivity index (χ0v) is 20.1. The topological polar surface area (TPSA) is 78.2 Å². The van der Waals surface area contributed by atoms with Crippen molar-refractivity contribution >= 4 is 22.4 Å². The lowest BCUT2D eigenvalue weighted by Crippen LogP contribution is -2.17. The Hall–Kier alpha value is -4.46. The number of hydrogen-bond donors (Lipinski definition) is 0. The molecule has 3 heterocycles. The first-order valence-electron chi connectivity index (χ1n) is 11.2. The molecule has 5 aromatic rings. The minimum absolute atomic E-state index is 0.553. The zero-order valence-electron chi connectivity index (χ0n) is 20.1. The van der Waals surface area contributed by atoms with E-state index in [2.05, 4.69) is 26.0 Å². The average molecular weight is 467 g/mol. The minimum Gasteiger partial charge on any atom is -0.497 e. The van der Waals surface area contributed by atoms with Crippen molar-refractivity contribution < 1.29 is 9.47 Å². The fraction of sp³-hybridized carbons (Fsp3) is 0.185. The van der Waals surface area contributed by atoms with Gasteiger partial charge in [-0.05, 0) is 36.8 Å². The summed E-state index contributed by atoms with van der Waals surface area (Å²) in [5.74, 6) is 1.42. The third-order valence-corrected chi connectivity index (χ3v) is 5.78. The van der Waals surface area contributed by atoms with E-state index in [-0.39, 0.29) is 0 Å². The van der Waals surface area contributed by atoms with Crippen LogP contribution in [-0.2, 0) is 13.6 Å². The maximum Gasteiger partial charge on any atom is 0.124 e. The summed E-state index contributed by atoms with van der Waals surface area (Å²) in [7, 11) is 5.18. The molecule has 8 nitrogen and oxygen atoms in total. The van der Waals surface area contributed by atoms with Crippen molar-refractivity contribution in [1.29, 1.82) is 0 Å². The van der Waals surface area contributed by atoms with Crippen molar-refractivity contribution in [3.63, 3.8) is 0 Å². The number of ether oxygens (including phenoxy) is 2. The number of pyridine rings is 1. The Morgan fingerprint density at radius 2 is 1.63 bits per heavy atom. The molecule has 3 aromatic heterocycles. The van der Waals surface area contributed by atoms with Crippen LogP contribution in [0.1, 0.15) is 11.3 Å². The van der Waals surface area contributed by atoms with E-state index in [1.165, 1.54) is 0 Å². The predicted octanol–water partition coefficient (Wildman–Crippen LogP) is 5.09. The van der Waals surface area contributed by atoms with Gasteiger partial charge in [-0.3, -0.25) is 14.6 Å². The van der Waals surface area contributed by atoms with Crippen LogP contribution in [0.5, 0.6) is 11.5 Å². The number of aryl methyl sites for hydroxylation is 2. The SMILES string of the molecule is COc1cc(OC)cc(N(Cc2ccc(C)cn2)c2ccc3ncc(-c4cnn(C)c4)nc3c2)c1. The highest BCUT2D eigenvalue weighted by molar-refractivity contribution is 5.82. The number of benzene rings is 2. The van der Waals surface area contributed by atoms with Gasteiger partial charge in [0.05, 0.1) is 55.6 Å². The van der Waals surface area contributed by atoms with Gasteiger partial charge in [-0.25, -0.2) is 4.98 Å². The summed E-state index contributed by atoms with van der Waals surface area (Å²) in [5.41, 5.74) is 7.23. The van der Waals surface area contributed by atoms with Crippen LogP contribution in [0.15, 0.2) is 73.3 Å². The van der Waals surface area contributed by atoms with Crippen LogP contribution in [0, 0.1) is 6.92 Å². The van der Waals surface area contributed by atoms with Crippen molar-refractivity contribution in [2.24, 2.45) is 7.05 Å². The molecule has 0 bridgehead atoms. The van der Waals surface area contributed by atoms with Gasteiger partial charge < -0.3 is 14.4 Å². The van der Waals surface area contributed by atoms with Crippen LogP contribution in [0.25, 0.3) is 22.3 Å². The van der Waals surface area contributed by atoms with E-state index in [1.54, 1.807) is 31.3 Å². The summed E-state index contributed by atoms with van der Waals surface area (Å²) in [6, 6.07) is 16.0. The maximum atomic E-state index is 5.53. The summed E-state index contributed by atoms with van der Waals surface area (Å²) in [5, 5.41) is 4.25. The fourth-order valence-corrected chi connectivity index (χ4v) is 3.89. The van der Waals surface area contributed by atoms with Crippen LogP contribution >= 0.6 is 0 Å². The average Bonchev–Trinajstić information content (AvgIpc) is 3.33. The first kappa shape index (κ1) is 22.3. The van der Waals surface area contributed by atoms with Gasteiger partial charge in [0.25, 0.3) is 0 Å². The Labute approximate surface area is 203 Å². The van der Waals surface area contributed by atoms with Gasteiger partial charge in [-0.2, -0.15) is 5.10 Å². The second-order valence-electron chi connectivity index (χ2n) is 8.31. The number of rotatable bonds is 7. The maximum absolute atomic E-state index is 5.53. The third kappa shape index (κ3) is 4.77. The lowest BCUT2D eigenvalue weighted by molar-refractivity contribution is 0.394. The lowest BCUT2D eigenvalue weighted by atomic mass is 10.1. The van der Waals surface area contributed by atoms with Crippen molar-refractivity contribution in [3.05, 3.63) is 84.6 Å². The molecule has 0 amide bonds. The lowest BCUT2D eigenvalue weighted by Gasteiger charge is -2.26. The van der Waals surface area contributed by atoms with Gasteiger partial charge in [-0.15, -0.1) is 0 Å². The molecule has 0 aliphatic carbocycles. The second kappa shape index (κ2) is 9.42. The molecule has 0 spiro atoms. The molecule has 0 saturated carbocycles. The van der Waals surface area contributed by atoms with E-state index < -0.39 is 0 Å². The first-order valence-corrected chi connectivity index (χ1v) is 11.2. The normalized spacial score (nSPS) is 11.0. The molecule has 5 rings (SSSR count). The molecule has 8 heteroatoms. The molecule has 0 N–H and O–H groups in total. The van der Waals surface area contributed by atoms with E-state index in [0.717, 1.165) is 44.9 Å². The number of anilines is 2. The van der Waals surface area contributed by atoms with E-state index in [4.69, 9.17) is 14.5 Å². The highest BCUT2D eigenvalue weighted by Crippen LogP contribution is 2.35. The van der Waals surface area contributed by atoms with Gasteiger partial charge in [0, 0.05) is 54.6 Å². The van der Waals surface area contributed by atoms with Gasteiger partial charge in [0.2, 0.25) is 0 Å². The van der Waals surface area contributed by atoms with Crippen LogP contribution in [-0.4, -0.2) is 39.0 Å². The Morgan fingerprint density at radius 1 is 0.829 bits per heavy atom. The Kier molecular flexibility index (Phi) is 6.01. The predicted molar refractivity (Wildman–Crippen MR) is 136 cm³/mol.